The van der Waals surface area contributed by atoms with Crippen LogP contribution in [0.25, 0.3) is 32.9 Å². The molecule has 1 heterocycles. The highest BCUT2D eigenvalue weighted by Crippen LogP contribution is 2.30. The third kappa shape index (κ3) is 5.68. The number of rotatable bonds is 2. The predicted octanol–water partition coefficient (Wildman–Crippen LogP) is 9.36. The zero-order valence-corrected chi connectivity index (χ0v) is 22.1. The average molecular weight is 478 g/mol. The van der Waals surface area contributed by atoms with Crippen LogP contribution in [0.5, 0.6) is 0 Å². The highest BCUT2D eigenvalue weighted by molar-refractivity contribution is 6.12. The Morgan fingerprint density at radius 2 is 1.31 bits per heavy atom. The number of benzene rings is 4. The molecule has 0 fully saturated rings. The highest BCUT2D eigenvalue weighted by atomic mass is 16.6. The van der Waals surface area contributed by atoms with Crippen molar-refractivity contribution in [2.24, 2.45) is 0 Å². The standard InChI is InChI=1S/C18H19NO2.C15H16/c1-12-9-10-14-13-7-5-6-8-15(13)19(16(14)11-12)17(20)21-18(2,3)4;1-12(2)13-8-10-15(11-9-13)14-6-4-3-5-7-14/h5-11H,1-4H3;3-12H,1-2H3. The van der Waals surface area contributed by atoms with Crippen LogP contribution >= 0.6 is 0 Å². The van der Waals surface area contributed by atoms with E-state index >= 15 is 0 Å². The minimum absolute atomic E-state index is 0.334. The fourth-order valence-corrected chi connectivity index (χ4v) is 4.28. The first-order valence-electron chi connectivity index (χ1n) is 12.5. The van der Waals surface area contributed by atoms with E-state index in [1.54, 1.807) is 4.57 Å². The van der Waals surface area contributed by atoms with E-state index in [0.29, 0.717) is 5.92 Å². The number of aromatic nitrogens is 1. The van der Waals surface area contributed by atoms with E-state index < -0.39 is 5.60 Å². The second-order valence-electron chi connectivity index (χ2n) is 10.5. The van der Waals surface area contributed by atoms with E-state index in [1.165, 1.54) is 16.7 Å². The van der Waals surface area contributed by atoms with E-state index in [2.05, 4.69) is 74.5 Å². The predicted molar refractivity (Wildman–Crippen MR) is 152 cm³/mol. The Labute approximate surface area is 214 Å². The van der Waals surface area contributed by atoms with Gasteiger partial charge in [-0.05, 0) is 68.0 Å². The fourth-order valence-electron chi connectivity index (χ4n) is 4.28. The van der Waals surface area contributed by atoms with Gasteiger partial charge in [-0.2, -0.15) is 0 Å². The van der Waals surface area contributed by atoms with Gasteiger partial charge in [0.05, 0.1) is 11.0 Å². The lowest BCUT2D eigenvalue weighted by Crippen LogP contribution is -2.27. The first-order valence-corrected chi connectivity index (χ1v) is 12.5. The first-order chi connectivity index (χ1) is 17.1. The second-order valence-corrected chi connectivity index (χ2v) is 10.5. The van der Waals surface area contributed by atoms with Crippen LogP contribution in [0, 0.1) is 6.92 Å². The van der Waals surface area contributed by atoms with Crippen LogP contribution in [0.2, 0.25) is 0 Å². The number of nitrogens with zero attached hydrogens (tertiary/aromatic N) is 1. The normalized spacial score (nSPS) is 11.4. The van der Waals surface area contributed by atoms with Crippen molar-refractivity contribution in [2.45, 2.75) is 53.1 Å². The Bertz CT molecular complexity index is 1470. The van der Waals surface area contributed by atoms with Gasteiger partial charge in [-0.3, -0.25) is 0 Å². The molecule has 0 aliphatic rings. The molecule has 0 bridgehead atoms. The number of carbonyl (C=O) groups excluding carboxylic acids is 1. The van der Waals surface area contributed by atoms with Crippen molar-refractivity contribution in [2.75, 3.05) is 0 Å². The van der Waals surface area contributed by atoms with Crippen LogP contribution in [0.4, 0.5) is 4.79 Å². The maximum Gasteiger partial charge on any atom is 0.419 e. The van der Waals surface area contributed by atoms with Gasteiger partial charge in [0.2, 0.25) is 0 Å². The zero-order chi connectivity index (χ0) is 25.9. The summed E-state index contributed by atoms with van der Waals surface area (Å²) in [6.45, 7) is 12.1. The monoisotopic (exact) mass is 477 g/mol. The summed E-state index contributed by atoms with van der Waals surface area (Å²) in [7, 11) is 0. The van der Waals surface area contributed by atoms with Gasteiger partial charge in [0.25, 0.3) is 0 Å². The van der Waals surface area contributed by atoms with Gasteiger partial charge in [-0.25, -0.2) is 9.36 Å². The Hall–Kier alpha value is -3.85. The Balaban J connectivity index is 0.000000179. The van der Waals surface area contributed by atoms with E-state index in [0.717, 1.165) is 27.4 Å². The summed E-state index contributed by atoms with van der Waals surface area (Å²) in [6, 6.07) is 33.4. The smallest absolute Gasteiger partial charge is 0.419 e. The van der Waals surface area contributed by atoms with Crippen LogP contribution in [0.3, 0.4) is 0 Å². The van der Waals surface area contributed by atoms with Gasteiger partial charge < -0.3 is 4.74 Å². The molecule has 4 aromatic carbocycles. The molecule has 5 aromatic rings. The molecule has 36 heavy (non-hydrogen) atoms. The maximum absolute atomic E-state index is 12.6. The van der Waals surface area contributed by atoms with Gasteiger partial charge in [0.15, 0.2) is 0 Å². The molecule has 0 spiro atoms. The molecule has 0 N–H and O–H groups in total. The molecule has 0 unspecified atom stereocenters. The second kappa shape index (κ2) is 10.4. The van der Waals surface area contributed by atoms with Crippen LogP contribution < -0.4 is 0 Å². The molecule has 5 rings (SSSR count). The van der Waals surface area contributed by atoms with Crippen molar-refractivity contribution in [3.8, 4) is 11.1 Å². The lowest BCUT2D eigenvalue weighted by molar-refractivity contribution is 0.0551. The molecule has 3 nitrogen and oxygen atoms in total. The van der Waals surface area contributed by atoms with Gasteiger partial charge in [0.1, 0.15) is 5.60 Å². The quantitative estimate of drug-likeness (QED) is 0.253. The molecule has 0 aliphatic carbocycles. The highest BCUT2D eigenvalue weighted by Gasteiger charge is 2.22. The molecule has 1 aromatic heterocycles. The van der Waals surface area contributed by atoms with Gasteiger partial charge in [-0.1, -0.05) is 98.8 Å². The average Bonchev–Trinajstić information content (AvgIpc) is 3.17. The minimum atomic E-state index is -0.515. The molecular weight excluding hydrogens is 442 g/mol. The number of carbonyl (C=O) groups is 1. The summed E-state index contributed by atoms with van der Waals surface area (Å²) in [5.41, 5.74) is 6.36. The van der Waals surface area contributed by atoms with E-state index in [9.17, 15) is 4.79 Å². The first kappa shape index (κ1) is 25.2. The van der Waals surface area contributed by atoms with Crippen molar-refractivity contribution in [3.05, 3.63) is 108 Å². The van der Waals surface area contributed by atoms with Crippen molar-refractivity contribution in [1.29, 1.82) is 0 Å². The molecule has 0 radical (unpaired) electrons. The number of hydrogen-bond donors (Lipinski definition) is 0. The molecular formula is C33H35NO2. The number of aryl methyl sites for hydroxylation is 1. The fraction of sp³-hybridized carbons (Fsp3) is 0.242. The molecule has 0 amide bonds. The third-order valence-corrected chi connectivity index (χ3v) is 6.09. The summed E-state index contributed by atoms with van der Waals surface area (Å²) in [5.74, 6) is 0.606. The summed E-state index contributed by atoms with van der Waals surface area (Å²) in [5, 5.41) is 2.14. The van der Waals surface area contributed by atoms with E-state index in [1.807, 2.05) is 64.1 Å². The van der Waals surface area contributed by atoms with Crippen LogP contribution in [0.1, 0.15) is 51.7 Å². The van der Waals surface area contributed by atoms with Crippen molar-refractivity contribution < 1.29 is 9.53 Å². The van der Waals surface area contributed by atoms with Gasteiger partial charge in [0, 0.05) is 10.8 Å². The van der Waals surface area contributed by atoms with E-state index in [-0.39, 0.29) is 6.09 Å². The van der Waals surface area contributed by atoms with Crippen molar-refractivity contribution >= 4 is 27.9 Å². The Morgan fingerprint density at radius 1 is 0.722 bits per heavy atom. The molecule has 0 saturated heterocycles. The molecule has 0 atom stereocenters. The number of fused-ring (bicyclic) bond motifs is 3. The van der Waals surface area contributed by atoms with Crippen molar-refractivity contribution in [1.82, 2.24) is 4.57 Å². The van der Waals surface area contributed by atoms with Gasteiger partial charge >= 0.3 is 6.09 Å². The zero-order valence-electron chi connectivity index (χ0n) is 22.1. The number of para-hydroxylation sites is 1. The summed E-state index contributed by atoms with van der Waals surface area (Å²) in [4.78, 5) is 12.6. The largest absolute Gasteiger partial charge is 0.443 e. The minimum Gasteiger partial charge on any atom is -0.443 e. The van der Waals surface area contributed by atoms with Crippen LogP contribution in [-0.4, -0.2) is 16.3 Å². The lowest BCUT2D eigenvalue weighted by atomic mass is 9.99. The summed E-state index contributed by atoms with van der Waals surface area (Å²) >= 11 is 0. The van der Waals surface area contributed by atoms with Crippen LogP contribution in [0.15, 0.2) is 97.1 Å². The van der Waals surface area contributed by atoms with Crippen LogP contribution in [-0.2, 0) is 4.74 Å². The number of hydrogen-bond acceptors (Lipinski definition) is 2. The van der Waals surface area contributed by atoms with Gasteiger partial charge in [-0.15, -0.1) is 0 Å². The number of ether oxygens (including phenoxy) is 1. The van der Waals surface area contributed by atoms with E-state index in [4.69, 9.17) is 4.74 Å². The molecule has 184 valence electrons. The maximum atomic E-state index is 12.6. The SMILES string of the molecule is CC(C)c1ccc(-c2ccccc2)cc1.Cc1ccc2c3ccccc3n(C(=O)OC(C)(C)C)c2c1. The third-order valence-electron chi connectivity index (χ3n) is 6.09. The lowest BCUT2D eigenvalue weighted by Gasteiger charge is -2.20. The molecule has 0 saturated carbocycles. The summed E-state index contributed by atoms with van der Waals surface area (Å²) in [6.07, 6.45) is -0.334. The Morgan fingerprint density at radius 3 is 1.94 bits per heavy atom. The molecule has 0 aliphatic heterocycles. The summed E-state index contributed by atoms with van der Waals surface area (Å²) < 4.78 is 7.23. The Kier molecular flexibility index (Phi) is 7.30. The molecule has 3 heteroatoms. The topological polar surface area (TPSA) is 31.2 Å². The van der Waals surface area contributed by atoms with Crippen molar-refractivity contribution in [3.63, 3.8) is 0 Å².